The molecule has 0 bridgehead atoms. The van der Waals surface area contributed by atoms with Crippen molar-refractivity contribution in [2.45, 2.75) is 71.9 Å². The van der Waals surface area contributed by atoms with E-state index in [1.54, 1.807) is 0 Å². The van der Waals surface area contributed by atoms with Gasteiger partial charge in [0, 0.05) is 0 Å². The van der Waals surface area contributed by atoms with Crippen molar-refractivity contribution in [3.8, 4) is 0 Å². The average Bonchev–Trinajstić information content (AvgIpc) is 2.18. The second-order valence-corrected chi connectivity index (χ2v) is 4.95. The molecule has 0 aromatic carbocycles. The first-order valence-corrected chi connectivity index (χ1v) is 6.33. The molecule has 0 fully saturated rings. The number of hydrogen-bond donors (Lipinski definition) is 0. The van der Waals surface area contributed by atoms with Crippen molar-refractivity contribution < 1.29 is 4.39 Å². The van der Waals surface area contributed by atoms with Crippen molar-refractivity contribution in [1.29, 1.82) is 0 Å². The highest BCUT2D eigenvalue weighted by atomic mass is 19.1. The van der Waals surface area contributed by atoms with E-state index >= 15 is 0 Å². The molecule has 0 aromatic heterocycles. The summed E-state index contributed by atoms with van der Waals surface area (Å²) in [5.74, 6) is 0. The molecule has 0 unspecified atom stereocenters. The van der Waals surface area contributed by atoms with Gasteiger partial charge in [0.1, 0.15) is 6.17 Å². The Hall–Kier alpha value is -0.330. The van der Waals surface area contributed by atoms with E-state index in [-0.39, 0.29) is 5.41 Å². The van der Waals surface area contributed by atoms with Gasteiger partial charge < -0.3 is 0 Å². The van der Waals surface area contributed by atoms with E-state index in [9.17, 15) is 4.39 Å². The molecule has 0 saturated carbocycles. The Morgan fingerprint density at radius 1 is 1.33 bits per heavy atom. The summed E-state index contributed by atoms with van der Waals surface area (Å²) in [4.78, 5) is 0. The number of allylic oxidation sites excluding steroid dienone is 1. The van der Waals surface area contributed by atoms with Crippen LogP contribution in [-0.2, 0) is 0 Å². The van der Waals surface area contributed by atoms with Crippen LogP contribution in [0.25, 0.3) is 0 Å². The Bertz CT molecular complexity index is 165. The van der Waals surface area contributed by atoms with Gasteiger partial charge in [-0.15, -0.1) is 6.58 Å². The summed E-state index contributed by atoms with van der Waals surface area (Å²) in [5.41, 5.74) is 0.202. The molecule has 0 aromatic rings. The van der Waals surface area contributed by atoms with Gasteiger partial charge in [0.05, 0.1) is 0 Å². The molecule has 0 aliphatic rings. The van der Waals surface area contributed by atoms with Crippen molar-refractivity contribution in [2.75, 3.05) is 0 Å². The van der Waals surface area contributed by atoms with E-state index < -0.39 is 6.17 Å². The molecule has 0 rings (SSSR count). The maximum Gasteiger partial charge on any atom is 0.100 e. The topological polar surface area (TPSA) is 0 Å². The van der Waals surface area contributed by atoms with E-state index in [0.717, 1.165) is 38.5 Å². The summed E-state index contributed by atoms with van der Waals surface area (Å²) in [6, 6.07) is 0. The number of alkyl halides is 1. The lowest BCUT2D eigenvalue weighted by molar-refractivity contribution is 0.160. The Kier molecular flexibility index (Phi) is 7.72. The molecule has 90 valence electrons. The number of hydrogen-bond acceptors (Lipinski definition) is 0. The van der Waals surface area contributed by atoms with Gasteiger partial charge in [-0.3, -0.25) is 0 Å². The zero-order valence-electron chi connectivity index (χ0n) is 10.7. The van der Waals surface area contributed by atoms with Crippen molar-refractivity contribution in [2.24, 2.45) is 5.41 Å². The summed E-state index contributed by atoms with van der Waals surface area (Å²) in [7, 11) is 0. The molecule has 0 heterocycles. The lowest BCUT2D eigenvalue weighted by Crippen LogP contribution is -2.21. The molecular weight excluding hydrogens is 187 g/mol. The first kappa shape index (κ1) is 14.7. The number of unbranched alkanes of at least 4 members (excludes halogenated alkanes) is 1. The lowest BCUT2D eigenvalue weighted by Gasteiger charge is -2.30. The summed E-state index contributed by atoms with van der Waals surface area (Å²) in [5, 5.41) is 0. The third-order valence-electron chi connectivity index (χ3n) is 3.20. The van der Waals surface area contributed by atoms with Crippen molar-refractivity contribution >= 4 is 0 Å². The Morgan fingerprint density at radius 2 is 2.00 bits per heavy atom. The molecule has 0 radical (unpaired) electrons. The molecule has 0 N–H and O–H groups in total. The van der Waals surface area contributed by atoms with Crippen LogP contribution in [0.3, 0.4) is 0 Å². The normalized spacial score (nSPS) is 17.1. The van der Waals surface area contributed by atoms with Crippen LogP contribution in [-0.4, -0.2) is 6.17 Å². The van der Waals surface area contributed by atoms with Gasteiger partial charge in [0.2, 0.25) is 0 Å². The van der Waals surface area contributed by atoms with E-state index in [4.69, 9.17) is 0 Å². The van der Waals surface area contributed by atoms with Gasteiger partial charge in [0.25, 0.3) is 0 Å². The SMILES string of the molecule is C=CCCC[C@@](C)(CCC)C[C@H](F)CC. The molecule has 0 amide bonds. The number of rotatable bonds is 9. The van der Waals surface area contributed by atoms with E-state index in [1.807, 2.05) is 13.0 Å². The van der Waals surface area contributed by atoms with Crippen LogP contribution >= 0.6 is 0 Å². The molecule has 0 aliphatic carbocycles. The molecule has 0 spiro atoms. The lowest BCUT2D eigenvalue weighted by atomic mass is 9.76. The van der Waals surface area contributed by atoms with Crippen LogP contribution in [0.1, 0.15) is 65.7 Å². The van der Waals surface area contributed by atoms with Crippen LogP contribution in [0.15, 0.2) is 12.7 Å². The van der Waals surface area contributed by atoms with E-state index in [2.05, 4.69) is 20.4 Å². The number of halogens is 1. The third-order valence-corrected chi connectivity index (χ3v) is 3.20. The van der Waals surface area contributed by atoms with Crippen LogP contribution in [0.2, 0.25) is 0 Å². The minimum absolute atomic E-state index is 0.202. The highest BCUT2D eigenvalue weighted by Gasteiger charge is 2.26. The second-order valence-electron chi connectivity index (χ2n) is 4.95. The fraction of sp³-hybridized carbons (Fsp3) is 0.857. The van der Waals surface area contributed by atoms with Crippen molar-refractivity contribution in [3.05, 3.63) is 12.7 Å². The maximum absolute atomic E-state index is 13.4. The summed E-state index contributed by atoms with van der Waals surface area (Å²) < 4.78 is 13.4. The third kappa shape index (κ3) is 6.70. The van der Waals surface area contributed by atoms with Crippen LogP contribution in [0, 0.1) is 5.41 Å². The zero-order chi connectivity index (χ0) is 11.7. The largest absolute Gasteiger partial charge is 0.247 e. The fourth-order valence-electron chi connectivity index (χ4n) is 2.28. The smallest absolute Gasteiger partial charge is 0.100 e. The van der Waals surface area contributed by atoms with Crippen LogP contribution in [0.4, 0.5) is 4.39 Å². The molecule has 0 aliphatic heterocycles. The summed E-state index contributed by atoms with van der Waals surface area (Å²) >= 11 is 0. The minimum Gasteiger partial charge on any atom is -0.247 e. The molecule has 2 atom stereocenters. The van der Waals surface area contributed by atoms with Gasteiger partial charge >= 0.3 is 0 Å². The van der Waals surface area contributed by atoms with Crippen molar-refractivity contribution in [3.63, 3.8) is 0 Å². The zero-order valence-corrected chi connectivity index (χ0v) is 10.7. The Morgan fingerprint density at radius 3 is 2.47 bits per heavy atom. The van der Waals surface area contributed by atoms with Crippen LogP contribution < -0.4 is 0 Å². The fourth-order valence-corrected chi connectivity index (χ4v) is 2.28. The molecule has 0 saturated heterocycles. The van der Waals surface area contributed by atoms with E-state index in [1.165, 1.54) is 0 Å². The Balaban J connectivity index is 4.10. The Labute approximate surface area is 95.0 Å². The van der Waals surface area contributed by atoms with Gasteiger partial charge in [-0.1, -0.05) is 33.3 Å². The summed E-state index contributed by atoms with van der Waals surface area (Å²) in [6.07, 6.45) is 8.36. The first-order chi connectivity index (χ1) is 7.08. The van der Waals surface area contributed by atoms with Crippen LogP contribution in [0.5, 0.6) is 0 Å². The molecule has 0 nitrogen and oxygen atoms in total. The average molecular weight is 214 g/mol. The van der Waals surface area contributed by atoms with Gasteiger partial charge in [-0.25, -0.2) is 4.39 Å². The highest BCUT2D eigenvalue weighted by molar-refractivity contribution is 4.79. The molecular formula is C14H27F. The highest BCUT2D eigenvalue weighted by Crippen LogP contribution is 2.36. The standard InChI is InChI=1S/C14H27F/c1-5-8-9-11-14(4,10-6-2)12-13(15)7-3/h5,13H,1,6-12H2,2-4H3/t13-,14-/m1/s1. The minimum atomic E-state index is -0.620. The molecule has 15 heavy (non-hydrogen) atoms. The first-order valence-electron chi connectivity index (χ1n) is 6.33. The predicted octanol–water partition coefficient (Wildman–Crippen LogP) is 5.29. The maximum atomic E-state index is 13.4. The second kappa shape index (κ2) is 7.90. The van der Waals surface area contributed by atoms with Gasteiger partial charge in [-0.05, 0) is 43.9 Å². The van der Waals surface area contributed by atoms with Gasteiger partial charge in [0.15, 0.2) is 0 Å². The quantitative estimate of drug-likeness (QED) is 0.361. The van der Waals surface area contributed by atoms with Gasteiger partial charge in [-0.2, -0.15) is 0 Å². The summed E-state index contributed by atoms with van der Waals surface area (Å²) in [6.45, 7) is 10.1. The van der Waals surface area contributed by atoms with E-state index in [0.29, 0.717) is 6.42 Å². The molecule has 1 heteroatoms. The van der Waals surface area contributed by atoms with Crippen molar-refractivity contribution in [1.82, 2.24) is 0 Å². The monoisotopic (exact) mass is 214 g/mol. The predicted molar refractivity (Wildman–Crippen MR) is 66.9 cm³/mol.